The van der Waals surface area contributed by atoms with Crippen LogP contribution in [0.15, 0.2) is 78.2 Å². The first-order valence-corrected chi connectivity index (χ1v) is 10.9. The third-order valence-corrected chi connectivity index (χ3v) is 5.28. The third kappa shape index (κ3) is 6.73. The summed E-state index contributed by atoms with van der Waals surface area (Å²) in [5, 5.41) is 20.8. The second kappa shape index (κ2) is 11.6. The van der Waals surface area contributed by atoms with E-state index in [1.54, 1.807) is 48.7 Å². The zero-order chi connectivity index (χ0) is 25.4. The monoisotopic (exact) mass is 476 g/mol. The Morgan fingerprint density at radius 2 is 1.80 bits per heavy atom. The number of ether oxygens (including phenoxy) is 1. The maximum Gasteiger partial charge on any atom is 0.323 e. The minimum atomic E-state index is -1.01. The highest BCUT2D eigenvalue weighted by Crippen LogP contribution is 2.33. The van der Waals surface area contributed by atoms with Gasteiger partial charge in [-0.05, 0) is 47.9 Å². The summed E-state index contributed by atoms with van der Waals surface area (Å²) < 4.78 is 5.51. The molecule has 0 spiro atoms. The Labute approximate surface area is 203 Å². The van der Waals surface area contributed by atoms with Gasteiger partial charge in [-0.25, -0.2) is 4.79 Å². The van der Waals surface area contributed by atoms with Crippen molar-refractivity contribution >= 4 is 29.3 Å². The number of carboxylic acid groups (broad SMARTS) is 1. The lowest BCUT2D eigenvalue weighted by atomic mass is 9.94. The summed E-state index contributed by atoms with van der Waals surface area (Å²) >= 11 is 0. The highest BCUT2D eigenvalue weighted by Gasteiger charge is 2.23. The minimum Gasteiger partial charge on any atom is -0.495 e. The number of benzene rings is 2. The van der Waals surface area contributed by atoms with Gasteiger partial charge < -0.3 is 31.1 Å². The van der Waals surface area contributed by atoms with Crippen molar-refractivity contribution in [3.8, 4) is 5.75 Å². The van der Waals surface area contributed by atoms with Crippen molar-refractivity contribution in [1.82, 2.24) is 10.6 Å². The highest BCUT2D eigenvalue weighted by atomic mass is 16.5. The summed E-state index contributed by atoms with van der Waals surface area (Å²) in [6.07, 6.45) is 6.63. The molecule has 2 aromatic carbocycles. The van der Waals surface area contributed by atoms with E-state index in [0.29, 0.717) is 34.0 Å². The fraction of sp³-hybridized carbons (Fsp3) is 0.192. The Morgan fingerprint density at radius 1 is 1.06 bits per heavy atom. The summed E-state index contributed by atoms with van der Waals surface area (Å²) in [6.45, 7) is 3.28. The number of urea groups is 1. The Balaban J connectivity index is 1.93. The van der Waals surface area contributed by atoms with E-state index in [4.69, 9.17) is 4.74 Å². The number of carbonyl (C=O) groups is 3. The smallest absolute Gasteiger partial charge is 0.323 e. The fourth-order valence-electron chi connectivity index (χ4n) is 3.65. The summed E-state index contributed by atoms with van der Waals surface area (Å²) in [5.41, 5.74) is 3.72. The molecule has 3 amide bonds. The molecule has 9 heteroatoms. The van der Waals surface area contributed by atoms with Gasteiger partial charge in [-0.3, -0.25) is 9.59 Å². The summed E-state index contributed by atoms with van der Waals surface area (Å²) in [7, 11) is 1.48. The van der Waals surface area contributed by atoms with Gasteiger partial charge in [0.2, 0.25) is 5.91 Å². The lowest BCUT2D eigenvalue weighted by Crippen LogP contribution is -2.29. The first kappa shape index (κ1) is 25.1. The van der Waals surface area contributed by atoms with Crippen molar-refractivity contribution in [1.29, 1.82) is 0 Å². The van der Waals surface area contributed by atoms with Crippen LogP contribution >= 0.6 is 0 Å². The fourth-order valence-corrected chi connectivity index (χ4v) is 3.65. The Hall–Kier alpha value is -4.53. The molecule has 1 atom stereocenters. The third-order valence-electron chi connectivity index (χ3n) is 5.28. The minimum absolute atomic E-state index is 0.254. The molecule has 0 aromatic heterocycles. The average molecular weight is 477 g/mol. The molecule has 1 unspecified atom stereocenters. The Bertz CT molecular complexity index is 1220. The van der Waals surface area contributed by atoms with Crippen LogP contribution in [0.25, 0.3) is 0 Å². The van der Waals surface area contributed by atoms with Gasteiger partial charge in [-0.2, -0.15) is 0 Å². The summed E-state index contributed by atoms with van der Waals surface area (Å²) in [4.78, 5) is 36.1. The Morgan fingerprint density at radius 3 is 2.49 bits per heavy atom. The van der Waals surface area contributed by atoms with Crippen LogP contribution in [0.3, 0.4) is 0 Å². The van der Waals surface area contributed by atoms with Crippen LogP contribution in [0.1, 0.15) is 30.5 Å². The van der Waals surface area contributed by atoms with Crippen LogP contribution in [0.4, 0.5) is 16.2 Å². The second-order valence-corrected chi connectivity index (χ2v) is 7.85. The number of aliphatic carboxylic acids is 1. The maximum atomic E-state index is 12.6. The lowest BCUT2D eigenvalue weighted by molar-refractivity contribution is -0.136. The number of carboxylic acids is 1. The largest absolute Gasteiger partial charge is 0.495 e. The van der Waals surface area contributed by atoms with Crippen LogP contribution in [-0.2, 0) is 9.59 Å². The molecule has 1 aliphatic heterocycles. The van der Waals surface area contributed by atoms with Crippen LogP contribution in [-0.4, -0.2) is 30.1 Å². The summed E-state index contributed by atoms with van der Waals surface area (Å²) in [6, 6.07) is 11.4. The quantitative estimate of drug-likeness (QED) is 0.388. The van der Waals surface area contributed by atoms with E-state index in [2.05, 4.69) is 21.3 Å². The number of methoxy groups -OCH3 is 1. The molecule has 9 nitrogen and oxygen atoms in total. The molecule has 0 aliphatic carbocycles. The molecule has 35 heavy (non-hydrogen) atoms. The first-order valence-electron chi connectivity index (χ1n) is 10.9. The number of hydrogen-bond acceptors (Lipinski definition) is 5. The van der Waals surface area contributed by atoms with E-state index in [1.165, 1.54) is 14.0 Å². The van der Waals surface area contributed by atoms with E-state index < -0.39 is 18.0 Å². The van der Waals surface area contributed by atoms with Crippen molar-refractivity contribution in [3.63, 3.8) is 0 Å². The molecular weight excluding hydrogens is 448 g/mol. The standard InChI is InChI=1S/C26H28N4O5/c1-16-8-4-5-10-20(16)29-26(34)30-21-12-11-18(14-23(21)35-3)25(28-17(2)31)19-9-6-7-13-27-22(19)15-24(32)33/h4-14,25,27H,15H2,1-3H3,(H,28,31)(H,32,33)(H2,29,30,34). The van der Waals surface area contributed by atoms with Crippen LogP contribution in [0.5, 0.6) is 5.75 Å². The number of para-hydroxylation sites is 1. The van der Waals surface area contributed by atoms with Crippen molar-refractivity contribution in [3.05, 3.63) is 89.3 Å². The normalized spacial score (nSPS) is 13.3. The molecule has 3 rings (SSSR count). The van der Waals surface area contributed by atoms with Gasteiger partial charge in [0.1, 0.15) is 5.75 Å². The number of nitrogens with one attached hydrogen (secondary N) is 4. The zero-order valence-electron chi connectivity index (χ0n) is 19.7. The first-order chi connectivity index (χ1) is 16.8. The van der Waals surface area contributed by atoms with Crippen molar-refractivity contribution < 1.29 is 24.2 Å². The maximum absolute atomic E-state index is 12.6. The van der Waals surface area contributed by atoms with E-state index in [-0.39, 0.29) is 12.3 Å². The molecular formula is C26H28N4O5. The molecule has 2 aromatic rings. The molecule has 5 N–H and O–H groups in total. The lowest BCUT2D eigenvalue weighted by Gasteiger charge is -2.24. The van der Waals surface area contributed by atoms with Gasteiger partial charge in [0.15, 0.2) is 0 Å². The predicted octanol–water partition coefficient (Wildman–Crippen LogP) is 4.23. The van der Waals surface area contributed by atoms with E-state index in [1.807, 2.05) is 25.1 Å². The van der Waals surface area contributed by atoms with Crippen molar-refractivity contribution in [2.45, 2.75) is 26.3 Å². The van der Waals surface area contributed by atoms with Gasteiger partial charge in [0.25, 0.3) is 0 Å². The van der Waals surface area contributed by atoms with E-state index in [0.717, 1.165) is 5.56 Å². The second-order valence-electron chi connectivity index (χ2n) is 7.85. The van der Waals surface area contributed by atoms with Gasteiger partial charge in [-0.1, -0.05) is 36.4 Å². The van der Waals surface area contributed by atoms with Gasteiger partial charge >= 0.3 is 12.0 Å². The zero-order valence-corrected chi connectivity index (χ0v) is 19.7. The van der Waals surface area contributed by atoms with Crippen LogP contribution in [0, 0.1) is 6.92 Å². The molecule has 0 saturated carbocycles. The number of rotatable bonds is 8. The Kier molecular flexibility index (Phi) is 8.29. The molecule has 182 valence electrons. The number of carbonyl (C=O) groups excluding carboxylic acids is 2. The van der Waals surface area contributed by atoms with E-state index in [9.17, 15) is 19.5 Å². The van der Waals surface area contributed by atoms with Crippen molar-refractivity contribution in [2.75, 3.05) is 17.7 Å². The number of aryl methyl sites for hydroxylation is 1. The highest BCUT2D eigenvalue weighted by molar-refractivity contribution is 6.01. The summed E-state index contributed by atoms with van der Waals surface area (Å²) in [5.74, 6) is -0.921. The van der Waals surface area contributed by atoms with E-state index >= 15 is 0 Å². The van der Waals surface area contributed by atoms with Gasteiger partial charge in [0, 0.05) is 24.5 Å². The molecule has 0 radical (unpaired) electrons. The predicted molar refractivity (Wildman–Crippen MR) is 134 cm³/mol. The van der Waals surface area contributed by atoms with Crippen molar-refractivity contribution in [2.24, 2.45) is 0 Å². The topological polar surface area (TPSA) is 129 Å². The number of amides is 3. The molecule has 1 heterocycles. The number of allylic oxidation sites excluding steroid dienone is 2. The van der Waals surface area contributed by atoms with Crippen LogP contribution in [0.2, 0.25) is 0 Å². The molecule has 0 saturated heterocycles. The molecule has 1 aliphatic rings. The SMILES string of the molecule is COc1cc(C(NC(C)=O)C2=C(CC(=O)O)NC=CC=C2)ccc1NC(=O)Nc1ccccc1C. The van der Waals surface area contributed by atoms with Crippen LogP contribution < -0.4 is 26.0 Å². The van der Waals surface area contributed by atoms with Gasteiger partial charge in [-0.15, -0.1) is 0 Å². The van der Waals surface area contributed by atoms with Gasteiger partial charge in [0.05, 0.1) is 25.3 Å². The number of anilines is 2. The molecule has 0 fully saturated rings. The molecule has 0 bridgehead atoms. The number of hydrogen-bond donors (Lipinski definition) is 5. The average Bonchev–Trinajstić information content (AvgIpc) is 3.04.